The highest BCUT2D eigenvalue weighted by molar-refractivity contribution is 5.83. The highest BCUT2D eigenvalue weighted by atomic mass is 16.5. The van der Waals surface area contributed by atoms with Gasteiger partial charge in [-0.2, -0.15) is 0 Å². The summed E-state index contributed by atoms with van der Waals surface area (Å²) >= 11 is 0. The number of nitrogens with zero attached hydrogens (tertiary/aromatic N) is 1. The van der Waals surface area contributed by atoms with E-state index in [4.69, 9.17) is 15.9 Å². The zero-order valence-corrected chi connectivity index (χ0v) is 12.8. The minimum absolute atomic E-state index is 0.0697. The maximum atomic E-state index is 7.72. The summed E-state index contributed by atoms with van der Waals surface area (Å²) in [7, 11) is 0. The predicted octanol–water partition coefficient (Wildman–Crippen LogP) is 2.52. The second kappa shape index (κ2) is 5.30. The lowest BCUT2D eigenvalue weighted by atomic mass is 9.79. The van der Waals surface area contributed by atoms with Crippen LogP contribution in [0.2, 0.25) is 0 Å². The molecule has 0 radical (unpaired) electrons. The SMILES string of the molecule is CC1(C(=N)N)CCN(CC2CCC3(CCCC3)O2)CC1. The lowest BCUT2D eigenvalue weighted by molar-refractivity contribution is -0.0505. The Kier molecular flexibility index (Phi) is 3.80. The zero-order valence-electron chi connectivity index (χ0n) is 12.8. The fraction of sp³-hybridized carbons (Fsp3) is 0.938. The van der Waals surface area contributed by atoms with Gasteiger partial charge in [0.2, 0.25) is 0 Å². The monoisotopic (exact) mass is 279 g/mol. The lowest BCUT2D eigenvalue weighted by Gasteiger charge is -2.39. The minimum atomic E-state index is -0.0697. The lowest BCUT2D eigenvalue weighted by Crippen LogP contribution is -2.47. The summed E-state index contributed by atoms with van der Waals surface area (Å²) in [5.41, 5.74) is 5.92. The first-order valence-corrected chi connectivity index (χ1v) is 8.26. The van der Waals surface area contributed by atoms with E-state index >= 15 is 0 Å². The molecule has 0 aromatic heterocycles. The first kappa shape index (κ1) is 14.3. The van der Waals surface area contributed by atoms with Crippen molar-refractivity contribution in [3.05, 3.63) is 0 Å². The van der Waals surface area contributed by atoms with Gasteiger partial charge in [0.05, 0.1) is 17.5 Å². The van der Waals surface area contributed by atoms with Gasteiger partial charge in [-0.05, 0) is 51.6 Å². The largest absolute Gasteiger partial charge is 0.387 e. The molecule has 3 aliphatic rings. The predicted molar refractivity (Wildman–Crippen MR) is 81.0 cm³/mol. The van der Waals surface area contributed by atoms with Crippen LogP contribution >= 0.6 is 0 Å². The second-order valence-electron chi connectivity index (χ2n) is 7.44. The average molecular weight is 279 g/mol. The molecule has 4 heteroatoms. The van der Waals surface area contributed by atoms with Crippen LogP contribution in [-0.4, -0.2) is 42.1 Å². The minimum Gasteiger partial charge on any atom is -0.387 e. The van der Waals surface area contributed by atoms with E-state index < -0.39 is 0 Å². The maximum absolute atomic E-state index is 7.72. The standard InChI is InChI=1S/C16H29N3O/c1-15(14(17)18)8-10-19(11-9-15)12-13-4-7-16(20-13)5-2-3-6-16/h13H,2-12H2,1H3,(H3,17,18). The van der Waals surface area contributed by atoms with Crippen molar-refractivity contribution < 1.29 is 4.74 Å². The Hall–Kier alpha value is -0.610. The van der Waals surface area contributed by atoms with Gasteiger partial charge in [0, 0.05) is 12.0 Å². The van der Waals surface area contributed by atoms with Crippen molar-refractivity contribution in [1.29, 1.82) is 5.41 Å². The van der Waals surface area contributed by atoms with Gasteiger partial charge in [-0.1, -0.05) is 19.8 Å². The van der Waals surface area contributed by atoms with Crippen molar-refractivity contribution in [2.24, 2.45) is 11.1 Å². The quantitative estimate of drug-likeness (QED) is 0.616. The third-order valence-corrected chi connectivity index (χ3v) is 5.93. The molecule has 3 N–H and O–H groups in total. The molecule has 2 heterocycles. The molecule has 0 aromatic rings. The number of rotatable bonds is 3. The second-order valence-corrected chi connectivity index (χ2v) is 7.44. The number of ether oxygens (including phenoxy) is 1. The topological polar surface area (TPSA) is 62.3 Å². The Balaban J connectivity index is 1.47. The normalized spacial score (nSPS) is 32.8. The number of hydrogen-bond acceptors (Lipinski definition) is 3. The van der Waals surface area contributed by atoms with Crippen LogP contribution in [0.5, 0.6) is 0 Å². The van der Waals surface area contributed by atoms with E-state index in [9.17, 15) is 0 Å². The Bertz CT molecular complexity index is 368. The van der Waals surface area contributed by atoms with Crippen molar-refractivity contribution >= 4 is 5.84 Å². The molecule has 4 nitrogen and oxygen atoms in total. The summed E-state index contributed by atoms with van der Waals surface area (Å²) in [6, 6.07) is 0. The van der Waals surface area contributed by atoms with Crippen LogP contribution in [0.1, 0.15) is 58.3 Å². The van der Waals surface area contributed by atoms with Gasteiger partial charge < -0.3 is 15.4 Å². The molecule has 0 bridgehead atoms. The molecule has 0 aromatic carbocycles. The molecule has 1 saturated carbocycles. The van der Waals surface area contributed by atoms with Crippen molar-refractivity contribution in [2.75, 3.05) is 19.6 Å². The fourth-order valence-corrected chi connectivity index (χ4v) is 4.20. The number of likely N-dealkylation sites (tertiary alicyclic amines) is 1. The number of nitrogens with one attached hydrogen (secondary N) is 1. The molecular weight excluding hydrogens is 250 g/mol. The molecule has 114 valence electrons. The molecule has 1 aliphatic carbocycles. The number of nitrogens with two attached hydrogens (primary N) is 1. The molecule has 0 amide bonds. The van der Waals surface area contributed by atoms with Crippen molar-refractivity contribution in [2.45, 2.75) is 70.0 Å². The van der Waals surface area contributed by atoms with E-state index in [-0.39, 0.29) is 11.0 Å². The van der Waals surface area contributed by atoms with Crippen LogP contribution in [0.15, 0.2) is 0 Å². The highest BCUT2D eigenvalue weighted by Crippen LogP contribution is 2.43. The van der Waals surface area contributed by atoms with E-state index in [0.29, 0.717) is 11.9 Å². The van der Waals surface area contributed by atoms with Gasteiger partial charge in [-0.25, -0.2) is 0 Å². The zero-order chi connectivity index (χ0) is 14.2. The van der Waals surface area contributed by atoms with Gasteiger partial charge in [-0.3, -0.25) is 5.41 Å². The molecule has 2 aliphatic heterocycles. The van der Waals surface area contributed by atoms with Gasteiger partial charge in [-0.15, -0.1) is 0 Å². The van der Waals surface area contributed by atoms with Crippen LogP contribution < -0.4 is 5.73 Å². The molecule has 3 fully saturated rings. The van der Waals surface area contributed by atoms with E-state index in [2.05, 4.69) is 11.8 Å². The summed E-state index contributed by atoms with van der Waals surface area (Å²) in [5.74, 6) is 0.360. The summed E-state index contributed by atoms with van der Waals surface area (Å²) in [6.45, 7) is 5.33. The number of hydrogen-bond donors (Lipinski definition) is 2. The van der Waals surface area contributed by atoms with Crippen molar-refractivity contribution in [3.63, 3.8) is 0 Å². The van der Waals surface area contributed by atoms with Crippen LogP contribution in [-0.2, 0) is 4.74 Å². The Morgan fingerprint density at radius 2 is 1.85 bits per heavy atom. The number of amidine groups is 1. The highest BCUT2D eigenvalue weighted by Gasteiger charge is 2.43. The van der Waals surface area contributed by atoms with Gasteiger partial charge in [0.25, 0.3) is 0 Å². The van der Waals surface area contributed by atoms with Gasteiger partial charge in [0.15, 0.2) is 0 Å². The van der Waals surface area contributed by atoms with Crippen LogP contribution in [0.4, 0.5) is 0 Å². The smallest absolute Gasteiger partial charge is 0.0966 e. The van der Waals surface area contributed by atoms with Crippen molar-refractivity contribution in [1.82, 2.24) is 4.90 Å². The molecular formula is C16H29N3O. The van der Waals surface area contributed by atoms with Gasteiger partial charge >= 0.3 is 0 Å². The molecule has 1 unspecified atom stereocenters. The molecule has 3 rings (SSSR count). The van der Waals surface area contributed by atoms with E-state index in [1.165, 1.54) is 38.5 Å². The number of piperidine rings is 1. The third kappa shape index (κ3) is 2.73. The molecule has 1 atom stereocenters. The fourth-order valence-electron chi connectivity index (χ4n) is 4.20. The third-order valence-electron chi connectivity index (χ3n) is 5.93. The van der Waals surface area contributed by atoms with Crippen LogP contribution in [0.25, 0.3) is 0 Å². The Morgan fingerprint density at radius 3 is 2.45 bits per heavy atom. The van der Waals surface area contributed by atoms with Crippen LogP contribution in [0.3, 0.4) is 0 Å². The summed E-state index contributed by atoms with van der Waals surface area (Å²) < 4.78 is 6.40. The Labute approximate surface area is 122 Å². The van der Waals surface area contributed by atoms with Gasteiger partial charge in [0.1, 0.15) is 0 Å². The maximum Gasteiger partial charge on any atom is 0.0966 e. The summed E-state index contributed by atoms with van der Waals surface area (Å²) in [4.78, 5) is 2.52. The van der Waals surface area contributed by atoms with E-state index in [1.807, 2.05) is 0 Å². The summed E-state index contributed by atoms with van der Waals surface area (Å²) in [5, 5.41) is 7.72. The van der Waals surface area contributed by atoms with E-state index in [0.717, 1.165) is 32.5 Å². The average Bonchev–Trinajstić information content (AvgIpc) is 3.03. The molecule has 20 heavy (non-hydrogen) atoms. The molecule has 1 spiro atoms. The first-order chi connectivity index (χ1) is 9.51. The first-order valence-electron chi connectivity index (χ1n) is 8.26. The van der Waals surface area contributed by atoms with Crippen LogP contribution in [0, 0.1) is 10.8 Å². The van der Waals surface area contributed by atoms with E-state index in [1.54, 1.807) is 0 Å². The summed E-state index contributed by atoms with van der Waals surface area (Å²) in [6.07, 6.45) is 10.3. The molecule has 2 saturated heterocycles. The van der Waals surface area contributed by atoms with Crippen molar-refractivity contribution in [3.8, 4) is 0 Å². The Morgan fingerprint density at radius 1 is 1.20 bits per heavy atom.